The van der Waals surface area contributed by atoms with Crippen LogP contribution >= 0.6 is 11.6 Å². The molecule has 0 aliphatic carbocycles. The third kappa shape index (κ3) is 2.27. The predicted molar refractivity (Wildman–Crippen MR) is 79.5 cm³/mol. The molecule has 0 amide bonds. The van der Waals surface area contributed by atoms with Crippen molar-refractivity contribution in [1.29, 1.82) is 0 Å². The first kappa shape index (κ1) is 13.7. The summed E-state index contributed by atoms with van der Waals surface area (Å²) >= 11 is 6.07. The van der Waals surface area contributed by atoms with Crippen LogP contribution in [0.2, 0.25) is 0 Å². The first-order chi connectivity index (χ1) is 9.74. The number of alkyl halides is 1. The van der Waals surface area contributed by atoms with Gasteiger partial charge in [-0.15, -0.1) is 11.6 Å². The fourth-order valence-electron chi connectivity index (χ4n) is 2.95. The van der Waals surface area contributed by atoms with Crippen molar-refractivity contribution in [3.05, 3.63) is 24.0 Å². The van der Waals surface area contributed by atoms with Gasteiger partial charge in [0.25, 0.3) is 0 Å². The number of benzene rings is 1. The van der Waals surface area contributed by atoms with Gasteiger partial charge < -0.3 is 14.0 Å². The number of hydrogen-bond donors (Lipinski definition) is 0. The Morgan fingerprint density at radius 2 is 2.40 bits per heavy atom. The number of methoxy groups -OCH3 is 1. The Morgan fingerprint density at radius 1 is 1.55 bits per heavy atom. The molecule has 2 atom stereocenters. The van der Waals surface area contributed by atoms with Gasteiger partial charge in [-0.05, 0) is 31.9 Å². The van der Waals surface area contributed by atoms with E-state index in [-0.39, 0.29) is 12.1 Å². The molecule has 1 aromatic heterocycles. The summed E-state index contributed by atoms with van der Waals surface area (Å²) < 4.78 is 13.3. The van der Waals surface area contributed by atoms with E-state index in [1.807, 2.05) is 18.2 Å². The third-order valence-corrected chi connectivity index (χ3v) is 4.24. The zero-order chi connectivity index (χ0) is 14.1. The number of fused-ring (bicyclic) bond motifs is 1. The topological polar surface area (TPSA) is 36.3 Å². The van der Waals surface area contributed by atoms with Crippen LogP contribution in [0.5, 0.6) is 5.75 Å². The van der Waals surface area contributed by atoms with Crippen LogP contribution in [0.3, 0.4) is 0 Å². The van der Waals surface area contributed by atoms with Crippen LogP contribution < -0.4 is 4.74 Å². The molecular weight excluding hydrogens is 276 g/mol. The highest BCUT2D eigenvalue weighted by Crippen LogP contribution is 2.31. The number of aromatic nitrogens is 2. The van der Waals surface area contributed by atoms with Gasteiger partial charge in [0.05, 0.1) is 36.2 Å². The molecule has 1 saturated heterocycles. The van der Waals surface area contributed by atoms with E-state index in [2.05, 4.69) is 16.5 Å². The second-order valence-corrected chi connectivity index (χ2v) is 5.45. The quantitative estimate of drug-likeness (QED) is 0.810. The highest BCUT2D eigenvalue weighted by Gasteiger charge is 2.26. The van der Waals surface area contributed by atoms with E-state index in [1.165, 1.54) is 0 Å². The van der Waals surface area contributed by atoms with Gasteiger partial charge in [0.2, 0.25) is 0 Å². The Balaban J connectivity index is 2.10. The molecule has 2 aromatic rings. The summed E-state index contributed by atoms with van der Waals surface area (Å²) in [5.41, 5.74) is 2.01. The van der Waals surface area contributed by atoms with Gasteiger partial charge in [0, 0.05) is 12.7 Å². The zero-order valence-electron chi connectivity index (χ0n) is 11.8. The Morgan fingerprint density at radius 3 is 3.05 bits per heavy atom. The van der Waals surface area contributed by atoms with Crippen LogP contribution in [0, 0.1) is 0 Å². The Kier molecular flexibility index (Phi) is 3.85. The van der Waals surface area contributed by atoms with Crippen molar-refractivity contribution in [1.82, 2.24) is 9.55 Å². The van der Waals surface area contributed by atoms with Gasteiger partial charge in [0.1, 0.15) is 11.6 Å². The lowest BCUT2D eigenvalue weighted by atomic mass is 10.1. The van der Waals surface area contributed by atoms with Crippen LogP contribution in [0.25, 0.3) is 11.0 Å². The Hall–Kier alpha value is -1.26. The molecule has 20 heavy (non-hydrogen) atoms. The van der Waals surface area contributed by atoms with E-state index in [0.717, 1.165) is 42.1 Å². The molecule has 0 spiro atoms. The SMILES string of the molecule is COc1ccc2nc(CCl)n(C(C)C3CCCO3)c2c1. The summed E-state index contributed by atoms with van der Waals surface area (Å²) in [5.74, 6) is 2.12. The molecule has 1 fully saturated rings. The van der Waals surface area contributed by atoms with E-state index in [1.54, 1.807) is 7.11 Å². The monoisotopic (exact) mass is 294 g/mol. The first-order valence-corrected chi connectivity index (χ1v) is 7.50. The van der Waals surface area contributed by atoms with Crippen molar-refractivity contribution in [2.24, 2.45) is 0 Å². The minimum Gasteiger partial charge on any atom is -0.497 e. The van der Waals surface area contributed by atoms with E-state index in [9.17, 15) is 0 Å². The largest absolute Gasteiger partial charge is 0.497 e. The van der Waals surface area contributed by atoms with Crippen molar-refractivity contribution in [2.45, 2.75) is 37.8 Å². The number of hydrogen-bond acceptors (Lipinski definition) is 3. The molecule has 2 unspecified atom stereocenters. The average molecular weight is 295 g/mol. The highest BCUT2D eigenvalue weighted by atomic mass is 35.5. The molecule has 0 N–H and O–H groups in total. The standard InChI is InChI=1S/C15H19ClN2O2/c1-10(14-4-3-7-20-14)18-13-8-11(19-2)5-6-12(13)17-15(18)9-16/h5-6,8,10,14H,3-4,7,9H2,1-2H3. The molecule has 1 aromatic carbocycles. The van der Waals surface area contributed by atoms with Gasteiger partial charge >= 0.3 is 0 Å². The normalized spacial score (nSPS) is 20.4. The number of nitrogens with zero attached hydrogens (tertiary/aromatic N) is 2. The van der Waals surface area contributed by atoms with Crippen molar-refractivity contribution in [3.8, 4) is 5.75 Å². The van der Waals surface area contributed by atoms with Crippen LogP contribution in [0.15, 0.2) is 18.2 Å². The summed E-state index contributed by atoms with van der Waals surface area (Å²) in [6.45, 7) is 3.02. The maximum atomic E-state index is 6.07. The zero-order valence-corrected chi connectivity index (χ0v) is 12.6. The first-order valence-electron chi connectivity index (χ1n) is 6.97. The third-order valence-electron chi connectivity index (χ3n) is 4.00. The Labute approximate surface area is 123 Å². The summed E-state index contributed by atoms with van der Waals surface area (Å²) in [7, 11) is 1.67. The summed E-state index contributed by atoms with van der Waals surface area (Å²) in [6.07, 6.45) is 2.45. The molecule has 1 aliphatic rings. The van der Waals surface area contributed by atoms with Crippen molar-refractivity contribution < 1.29 is 9.47 Å². The second-order valence-electron chi connectivity index (χ2n) is 5.18. The molecule has 108 valence electrons. The van der Waals surface area contributed by atoms with Crippen molar-refractivity contribution in [2.75, 3.05) is 13.7 Å². The van der Waals surface area contributed by atoms with Gasteiger partial charge in [-0.25, -0.2) is 4.98 Å². The molecule has 1 aliphatic heterocycles. The summed E-state index contributed by atoms with van der Waals surface area (Å²) in [6, 6.07) is 6.14. The maximum Gasteiger partial charge on any atom is 0.125 e. The lowest BCUT2D eigenvalue weighted by Gasteiger charge is -2.22. The average Bonchev–Trinajstić information content (AvgIpc) is 3.12. The highest BCUT2D eigenvalue weighted by molar-refractivity contribution is 6.16. The predicted octanol–water partition coefficient (Wildman–Crippen LogP) is 3.52. The molecule has 0 saturated carbocycles. The molecule has 4 nitrogen and oxygen atoms in total. The lowest BCUT2D eigenvalue weighted by Crippen LogP contribution is -2.22. The smallest absolute Gasteiger partial charge is 0.125 e. The van der Waals surface area contributed by atoms with Crippen LogP contribution in [0.4, 0.5) is 0 Å². The van der Waals surface area contributed by atoms with Gasteiger partial charge in [-0.2, -0.15) is 0 Å². The molecule has 0 bridgehead atoms. The van der Waals surface area contributed by atoms with E-state index in [4.69, 9.17) is 21.1 Å². The molecule has 3 rings (SSSR count). The van der Waals surface area contributed by atoms with E-state index >= 15 is 0 Å². The summed E-state index contributed by atoms with van der Waals surface area (Å²) in [4.78, 5) is 4.62. The molecule has 2 heterocycles. The van der Waals surface area contributed by atoms with Crippen LogP contribution in [-0.4, -0.2) is 29.4 Å². The number of halogens is 1. The summed E-state index contributed by atoms with van der Waals surface area (Å²) in [5, 5.41) is 0. The fourth-order valence-corrected chi connectivity index (χ4v) is 3.14. The fraction of sp³-hybridized carbons (Fsp3) is 0.533. The van der Waals surface area contributed by atoms with Gasteiger partial charge in [-0.1, -0.05) is 0 Å². The molecule has 0 radical (unpaired) electrons. The second kappa shape index (κ2) is 5.62. The van der Waals surface area contributed by atoms with Crippen LogP contribution in [-0.2, 0) is 10.6 Å². The van der Waals surface area contributed by atoms with Crippen molar-refractivity contribution in [3.63, 3.8) is 0 Å². The minimum atomic E-state index is 0.225. The number of ether oxygens (including phenoxy) is 2. The van der Waals surface area contributed by atoms with E-state index in [0.29, 0.717) is 5.88 Å². The minimum absolute atomic E-state index is 0.225. The lowest BCUT2D eigenvalue weighted by molar-refractivity contribution is 0.0738. The molecular formula is C15H19ClN2O2. The van der Waals surface area contributed by atoms with Gasteiger partial charge in [-0.3, -0.25) is 0 Å². The van der Waals surface area contributed by atoms with E-state index < -0.39 is 0 Å². The maximum absolute atomic E-state index is 6.07. The van der Waals surface area contributed by atoms with Crippen LogP contribution in [0.1, 0.15) is 31.6 Å². The van der Waals surface area contributed by atoms with Gasteiger partial charge in [0.15, 0.2) is 0 Å². The van der Waals surface area contributed by atoms with Crippen molar-refractivity contribution >= 4 is 22.6 Å². The molecule has 5 heteroatoms. The number of rotatable bonds is 4. The number of imidazole rings is 1. The Bertz CT molecular complexity index is 605.